The van der Waals surface area contributed by atoms with Crippen molar-refractivity contribution in [1.82, 2.24) is 9.47 Å². The van der Waals surface area contributed by atoms with Gasteiger partial charge in [-0.1, -0.05) is 32.3 Å². The number of benzene rings is 1. The number of oxazole rings is 1. The first kappa shape index (κ1) is 17.8. The highest BCUT2D eigenvalue weighted by atomic mass is 16.4. The number of aryl methyl sites for hydroxylation is 1. The number of hydrogen-bond donors (Lipinski definition) is 0. The van der Waals surface area contributed by atoms with E-state index in [2.05, 4.69) is 13.0 Å². The average Bonchev–Trinajstić information content (AvgIpc) is 2.92. The molecule has 0 spiro atoms. The molecule has 2 aromatic rings. The molecule has 1 fully saturated rings. The number of carbonyl (C=O) groups is 1. The third-order valence-electron chi connectivity index (χ3n) is 5.31. The average molecular weight is 344 g/mol. The highest BCUT2D eigenvalue weighted by Gasteiger charge is 2.25. The lowest BCUT2D eigenvalue weighted by Crippen LogP contribution is -2.39. The Kier molecular flexibility index (Phi) is 5.61. The summed E-state index contributed by atoms with van der Waals surface area (Å²) < 4.78 is 6.83. The zero-order chi connectivity index (χ0) is 17.8. The monoisotopic (exact) mass is 344 g/mol. The molecule has 1 aromatic heterocycles. The van der Waals surface area contributed by atoms with Crippen LogP contribution >= 0.6 is 0 Å². The molecule has 0 saturated carbocycles. The van der Waals surface area contributed by atoms with Gasteiger partial charge in [0.15, 0.2) is 5.58 Å². The van der Waals surface area contributed by atoms with Crippen LogP contribution in [0.15, 0.2) is 27.4 Å². The van der Waals surface area contributed by atoms with Crippen LogP contribution in [0.25, 0.3) is 11.1 Å². The molecule has 1 aliphatic rings. The summed E-state index contributed by atoms with van der Waals surface area (Å²) in [7, 11) is 1.72. The summed E-state index contributed by atoms with van der Waals surface area (Å²) in [5, 5.41) is 0. The van der Waals surface area contributed by atoms with Crippen LogP contribution in [-0.2, 0) is 11.8 Å². The molecular formula is C20H28N2O3. The summed E-state index contributed by atoms with van der Waals surface area (Å²) in [6.45, 7) is 3.82. The number of nitrogens with zero attached hydrogens (tertiary/aromatic N) is 2. The number of rotatable bonds is 6. The number of unbranched alkanes of at least 4 members (excludes halogenated alkanes) is 3. The fourth-order valence-electron chi connectivity index (χ4n) is 3.74. The van der Waals surface area contributed by atoms with Gasteiger partial charge in [0.2, 0.25) is 5.91 Å². The van der Waals surface area contributed by atoms with Crippen LogP contribution < -0.4 is 5.76 Å². The molecule has 1 amide bonds. The van der Waals surface area contributed by atoms with Crippen molar-refractivity contribution in [3.8, 4) is 0 Å². The minimum atomic E-state index is -0.334. The lowest BCUT2D eigenvalue weighted by molar-refractivity contribution is -0.132. The van der Waals surface area contributed by atoms with E-state index in [-0.39, 0.29) is 11.7 Å². The molecular weight excluding hydrogens is 316 g/mol. The van der Waals surface area contributed by atoms with E-state index in [4.69, 9.17) is 4.42 Å². The van der Waals surface area contributed by atoms with Gasteiger partial charge in [-0.3, -0.25) is 9.36 Å². The number of fused-ring (bicyclic) bond motifs is 1. The predicted molar refractivity (Wildman–Crippen MR) is 98.8 cm³/mol. The Bertz CT molecular complexity index is 790. The van der Waals surface area contributed by atoms with Crippen LogP contribution in [0.4, 0.5) is 0 Å². The molecule has 5 nitrogen and oxygen atoms in total. The maximum atomic E-state index is 12.5. The van der Waals surface area contributed by atoms with E-state index in [1.54, 1.807) is 7.05 Å². The first-order valence-corrected chi connectivity index (χ1v) is 9.47. The Balaban J connectivity index is 1.66. The summed E-state index contributed by atoms with van der Waals surface area (Å²) in [5.41, 5.74) is 2.60. The molecule has 1 saturated heterocycles. The smallest absolute Gasteiger partial charge is 0.408 e. The van der Waals surface area contributed by atoms with Crippen molar-refractivity contribution in [3.05, 3.63) is 34.3 Å². The highest BCUT2D eigenvalue weighted by molar-refractivity contribution is 5.76. The fourth-order valence-corrected chi connectivity index (χ4v) is 3.74. The Morgan fingerprint density at radius 3 is 2.92 bits per heavy atom. The number of piperidine rings is 1. The van der Waals surface area contributed by atoms with Crippen molar-refractivity contribution in [2.75, 3.05) is 13.1 Å². The lowest BCUT2D eigenvalue weighted by atomic mass is 9.90. The van der Waals surface area contributed by atoms with Crippen LogP contribution in [-0.4, -0.2) is 28.5 Å². The van der Waals surface area contributed by atoms with Gasteiger partial charge in [-0.25, -0.2) is 4.79 Å². The van der Waals surface area contributed by atoms with Crippen molar-refractivity contribution >= 4 is 17.0 Å². The number of hydrogen-bond acceptors (Lipinski definition) is 3. The molecule has 0 bridgehead atoms. The molecule has 1 atom stereocenters. The minimum Gasteiger partial charge on any atom is -0.408 e. The summed E-state index contributed by atoms with van der Waals surface area (Å²) in [6.07, 6.45) is 7.30. The summed E-state index contributed by atoms with van der Waals surface area (Å²) in [4.78, 5) is 26.1. The van der Waals surface area contributed by atoms with Gasteiger partial charge in [-0.2, -0.15) is 0 Å². The van der Waals surface area contributed by atoms with E-state index in [9.17, 15) is 9.59 Å². The predicted octanol–water partition coefficient (Wildman–Crippen LogP) is 3.81. The molecule has 0 aliphatic carbocycles. The van der Waals surface area contributed by atoms with Crippen molar-refractivity contribution < 1.29 is 9.21 Å². The van der Waals surface area contributed by atoms with E-state index in [1.165, 1.54) is 17.4 Å². The quantitative estimate of drug-likeness (QED) is 0.749. The van der Waals surface area contributed by atoms with E-state index in [0.717, 1.165) is 49.9 Å². The molecule has 1 aromatic carbocycles. The first-order chi connectivity index (χ1) is 12.1. The zero-order valence-electron chi connectivity index (χ0n) is 15.3. The SMILES string of the molecule is CCCCCCC(=O)N1CCCC(c2ccc3c(c2)oc(=O)n3C)C1. The molecule has 1 aliphatic heterocycles. The Hall–Kier alpha value is -2.04. The maximum absolute atomic E-state index is 12.5. The zero-order valence-corrected chi connectivity index (χ0v) is 15.3. The van der Waals surface area contributed by atoms with Gasteiger partial charge in [-0.05, 0) is 37.0 Å². The van der Waals surface area contributed by atoms with Gasteiger partial charge in [-0.15, -0.1) is 0 Å². The van der Waals surface area contributed by atoms with Crippen molar-refractivity contribution in [2.24, 2.45) is 7.05 Å². The maximum Gasteiger partial charge on any atom is 0.419 e. The van der Waals surface area contributed by atoms with E-state index >= 15 is 0 Å². The molecule has 2 heterocycles. The lowest BCUT2D eigenvalue weighted by Gasteiger charge is -2.33. The third kappa shape index (κ3) is 3.97. The van der Waals surface area contributed by atoms with Crippen molar-refractivity contribution in [2.45, 2.75) is 57.8 Å². The van der Waals surface area contributed by atoms with Crippen molar-refractivity contribution in [3.63, 3.8) is 0 Å². The number of amides is 1. The molecule has 5 heteroatoms. The van der Waals surface area contributed by atoms with E-state index in [0.29, 0.717) is 17.9 Å². The highest BCUT2D eigenvalue weighted by Crippen LogP contribution is 2.29. The second-order valence-electron chi connectivity index (χ2n) is 7.14. The third-order valence-corrected chi connectivity index (χ3v) is 5.31. The summed E-state index contributed by atoms with van der Waals surface area (Å²) in [6, 6.07) is 5.98. The van der Waals surface area contributed by atoms with Gasteiger partial charge >= 0.3 is 5.76 Å². The molecule has 3 rings (SSSR count). The fraction of sp³-hybridized carbons (Fsp3) is 0.600. The number of carbonyl (C=O) groups excluding carboxylic acids is 1. The van der Waals surface area contributed by atoms with Crippen LogP contribution in [0.3, 0.4) is 0 Å². The van der Waals surface area contributed by atoms with E-state index in [1.807, 2.05) is 17.0 Å². The van der Waals surface area contributed by atoms with Crippen molar-refractivity contribution in [1.29, 1.82) is 0 Å². The Labute approximate surface area is 148 Å². The number of likely N-dealkylation sites (tertiary alicyclic amines) is 1. The summed E-state index contributed by atoms with van der Waals surface area (Å²) >= 11 is 0. The van der Waals surface area contributed by atoms with Gasteiger partial charge in [0.25, 0.3) is 0 Å². The molecule has 0 N–H and O–H groups in total. The first-order valence-electron chi connectivity index (χ1n) is 9.47. The normalized spacial score (nSPS) is 18.0. The Morgan fingerprint density at radius 1 is 1.28 bits per heavy atom. The Morgan fingerprint density at radius 2 is 2.12 bits per heavy atom. The van der Waals surface area contributed by atoms with Crippen LogP contribution in [0, 0.1) is 0 Å². The van der Waals surface area contributed by atoms with Crippen LogP contribution in [0.2, 0.25) is 0 Å². The van der Waals surface area contributed by atoms with Crippen LogP contribution in [0.5, 0.6) is 0 Å². The summed E-state index contributed by atoms with van der Waals surface area (Å²) in [5.74, 6) is 0.274. The largest absolute Gasteiger partial charge is 0.419 e. The van der Waals surface area contributed by atoms with Gasteiger partial charge in [0.1, 0.15) is 0 Å². The van der Waals surface area contributed by atoms with Gasteiger partial charge in [0, 0.05) is 32.5 Å². The molecule has 25 heavy (non-hydrogen) atoms. The standard InChI is InChI=1S/C20H28N2O3/c1-3-4-5-6-9-19(23)22-12-7-8-16(14-22)15-10-11-17-18(13-15)25-20(24)21(17)2/h10-11,13,16H,3-9,12,14H2,1-2H3. The molecule has 1 unspecified atom stereocenters. The topological polar surface area (TPSA) is 55.5 Å². The second kappa shape index (κ2) is 7.89. The minimum absolute atomic E-state index is 0.285. The van der Waals surface area contributed by atoms with Gasteiger partial charge < -0.3 is 9.32 Å². The molecule has 0 radical (unpaired) electrons. The van der Waals surface area contributed by atoms with Gasteiger partial charge in [0.05, 0.1) is 5.52 Å². The molecule has 136 valence electrons. The number of aromatic nitrogens is 1. The van der Waals surface area contributed by atoms with E-state index < -0.39 is 0 Å². The van der Waals surface area contributed by atoms with Crippen LogP contribution in [0.1, 0.15) is 63.4 Å². The second-order valence-corrected chi connectivity index (χ2v) is 7.14.